The summed E-state index contributed by atoms with van der Waals surface area (Å²) in [5.74, 6) is -0.0118. The number of morpholine rings is 1. The van der Waals surface area contributed by atoms with Crippen molar-refractivity contribution >= 4 is 28.1 Å². The molecular formula is C22H29FN4O2S. The van der Waals surface area contributed by atoms with Crippen LogP contribution < -0.4 is 10.2 Å². The number of nitrogens with zero attached hydrogens (tertiary/aromatic N) is 3. The van der Waals surface area contributed by atoms with Crippen LogP contribution in [0.15, 0.2) is 30.5 Å². The smallest absolute Gasteiger partial charge is 0.224 e. The third-order valence-corrected chi connectivity index (χ3v) is 6.78. The van der Waals surface area contributed by atoms with Crippen molar-refractivity contribution in [1.82, 2.24) is 9.88 Å². The maximum atomic E-state index is 13.7. The van der Waals surface area contributed by atoms with Crippen LogP contribution in [0.3, 0.4) is 0 Å². The van der Waals surface area contributed by atoms with E-state index in [9.17, 15) is 9.18 Å². The van der Waals surface area contributed by atoms with Gasteiger partial charge in [-0.3, -0.25) is 9.69 Å². The van der Waals surface area contributed by atoms with Crippen LogP contribution in [0.2, 0.25) is 0 Å². The number of halogens is 1. The number of hydrogen-bond acceptors (Lipinski definition) is 6. The molecule has 0 bridgehead atoms. The molecule has 1 aromatic heterocycles. The third kappa shape index (κ3) is 5.77. The van der Waals surface area contributed by atoms with Crippen LogP contribution in [0.1, 0.15) is 30.6 Å². The number of likely N-dealkylation sites (tertiary alicyclic amines) is 1. The van der Waals surface area contributed by atoms with E-state index < -0.39 is 5.82 Å². The number of aromatic nitrogens is 1. The molecule has 4 rings (SSSR count). The number of rotatable bonds is 7. The average Bonchev–Trinajstić information content (AvgIpc) is 3.23. The molecule has 1 aromatic carbocycles. The molecule has 30 heavy (non-hydrogen) atoms. The van der Waals surface area contributed by atoms with Gasteiger partial charge in [0, 0.05) is 43.7 Å². The maximum Gasteiger partial charge on any atom is 0.224 e. The van der Waals surface area contributed by atoms with E-state index in [4.69, 9.17) is 4.74 Å². The molecule has 2 fully saturated rings. The Bertz CT molecular complexity index is 840. The summed E-state index contributed by atoms with van der Waals surface area (Å²) in [5, 5.41) is 3.78. The molecule has 3 heterocycles. The molecule has 2 aliphatic heterocycles. The predicted molar refractivity (Wildman–Crippen MR) is 117 cm³/mol. The summed E-state index contributed by atoms with van der Waals surface area (Å²) < 4.78 is 19.1. The Hall–Kier alpha value is -2.03. The maximum absolute atomic E-state index is 13.7. The first-order valence-corrected chi connectivity index (χ1v) is 11.5. The van der Waals surface area contributed by atoms with Crippen LogP contribution in [0, 0.1) is 11.7 Å². The molecule has 1 atom stereocenters. The molecule has 2 saturated heterocycles. The van der Waals surface area contributed by atoms with Crippen molar-refractivity contribution in [1.29, 1.82) is 0 Å². The Balaban J connectivity index is 1.23. The molecule has 0 saturated carbocycles. The van der Waals surface area contributed by atoms with E-state index in [-0.39, 0.29) is 11.6 Å². The van der Waals surface area contributed by atoms with Gasteiger partial charge in [-0.25, -0.2) is 9.37 Å². The van der Waals surface area contributed by atoms with Gasteiger partial charge in [-0.1, -0.05) is 12.1 Å². The van der Waals surface area contributed by atoms with Crippen LogP contribution in [0.4, 0.5) is 15.2 Å². The fourth-order valence-electron chi connectivity index (χ4n) is 4.13. The topological polar surface area (TPSA) is 57.7 Å². The van der Waals surface area contributed by atoms with Crippen molar-refractivity contribution in [2.45, 2.75) is 32.2 Å². The minimum Gasteiger partial charge on any atom is -0.378 e. The van der Waals surface area contributed by atoms with Crippen LogP contribution in [0.5, 0.6) is 0 Å². The Morgan fingerprint density at radius 2 is 2.10 bits per heavy atom. The summed E-state index contributed by atoms with van der Waals surface area (Å²) in [6.07, 6.45) is 5.55. The zero-order chi connectivity index (χ0) is 20.8. The fraction of sp³-hybridized carbons (Fsp3) is 0.545. The lowest BCUT2D eigenvalue weighted by molar-refractivity contribution is -0.116. The zero-order valence-corrected chi connectivity index (χ0v) is 18.0. The normalized spacial score (nSPS) is 20.3. The van der Waals surface area contributed by atoms with Gasteiger partial charge in [0.25, 0.3) is 0 Å². The van der Waals surface area contributed by atoms with Crippen molar-refractivity contribution in [2.24, 2.45) is 5.92 Å². The molecule has 1 N–H and O–H groups in total. The monoisotopic (exact) mass is 432 g/mol. The van der Waals surface area contributed by atoms with Gasteiger partial charge in [-0.2, -0.15) is 0 Å². The van der Waals surface area contributed by atoms with Crippen molar-refractivity contribution in [2.75, 3.05) is 49.6 Å². The Labute approximate surface area is 181 Å². The van der Waals surface area contributed by atoms with Gasteiger partial charge in [0.1, 0.15) is 5.82 Å². The lowest BCUT2D eigenvalue weighted by Crippen LogP contribution is -2.36. The Kier molecular flexibility index (Phi) is 7.30. The van der Waals surface area contributed by atoms with E-state index >= 15 is 0 Å². The number of anilines is 2. The Morgan fingerprint density at radius 1 is 1.27 bits per heavy atom. The van der Waals surface area contributed by atoms with Gasteiger partial charge < -0.3 is 15.0 Å². The van der Waals surface area contributed by atoms with E-state index in [2.05, 4.69) is 20.1 Å². The van der Waals surface area contributed by atoms with Crippen LogP contribution >= 0.6 is 11.3 Å². The number of amides is 1. The summed E-state index contributed by atoms with van der Waals surface area (Å²) in [4.78, 5) is 22.9. The molecule has 0 aliphatic carbocycles. The van der Waals surface area contributed by atoms with Crippen LogP contribution in [-0.2, 0) is 16.1 Å². The molecule has 0 spiro atoms. The van der Waals surface area contributed by atoms with Gasteiger partial charge in [-0.05, 0) is 43.9 Å². The first kappa shape index (κ1) is 21.2. The minimum absolute atomic E-state index is 0.116. The molecular weight excluding hydrogens is 403 g/mol. The Morgan fingerprint density at radius 3 is 2.93 bits per heavy atom. The fourth-order valence-corrected chi connectivity index (χ4v) is 5.14. The number of hydrogen-bond donors (Lipinski definition) is 1. The van der Waals surface area contributed by atoms with Gasteiger partial charge in [0.15, 0.2) is 5.13 Å². The highest BCUT2D eigenvalue weighted by atomic mass is 32.1. The number of benzene rings is 1. The number of carbonyl (C=O) groups is 1. The summed E-state index contributed by atoms with van der Waals surface area (Å²) in [5.41, 5.74) is 0.258. The summed E-state index contributed by atoms with van der Waals surface area (Å²) in [6, 6.07) is 6.30. The molecule has 0 unspecified atom stereocenters. The van der Waals surface area contributed by atoms with Crippen molar-refractivity contribution in [3.8, 4) is 0 Å². The lowest BCUT2D eigenvalue weighted by Gasteiger charge is -2.32. The quantitative estimate of drug-likeness (QED) is 0.722. The number of carbonyl (C=O) groups excluding carboxylic acids is 1. The predicted octanol–water partition coefficient (Wildman–Crippen LogP) is 3.75. The lowest BCUT2D eigenvalue weighted by atomic mass is 9.93. The second-order valence-corrected chi connectivity index (χ2v) is 9.11. The second-order valence-electron chi connectivity index (χ2n) is 8.02. The van der Waals surface area contributed by atoms with Crippen LogP contribution in [0.25, 0.3) is 0 Å². The second kappa shape index (κ2) is 10.3. The number of para-hydroxylation sites is 1. The van der Waals surface area contributed by atoms with E-state index in [1.807, 2.05) is 6.20 Å². The first-order chi connectivity index (χ1) is 14.7. The van der Waals surface area contributed by atoms with Crippen molar-refractivity contribution in [3.63, 3.8) is 0 Å². The van der Waals surface area contributed by atoms with Crippen molar-refractivity contribution in [3.05, 3.63) is 41.2 Å². The minimum atomic E-state index is -0.393. The largest absolute Gasteiger partial charge is 0.378 e. The molecule has 2 aliphatic rings. The highest BCUT2D eigenvalue weighted by Gasteiger charge is 2.22. The number of piperidine rings is 1. The van der Waals surface area contributed by atoms with Gasteiger partial charge >= 0.3 is 0 Å². The van der Waals surface area contributed by atoms with E-state index in [1.165, 1.54) is 10.9 Å². The summed E-state index contributed by atoms with van der Waals surface area (Å²) >= 11 is 1.77. The van der Waals surface area contributed by atoms with Gasteiger partial charge in [0.05, 0.1) is 18.9 Å². The van der Waals surface area contributed by atoms with Crippen molar-refractivity contribution < 1.29 is 13.9 Å². The van der Waals surface area contributed by atoms with E-state index in [1.54, 1.807) is 29.5 Å². The van der Waals surface area contributed by atoms with E-state index in [0.29, 0.717) is 12.3 Å². The first-order valence-electron chi connectivity index (χ1n) is 10.7. The molecule has 6 nitrogen and oxygen atoms in total. The average molecular weight is 433 g/mol. The highest BCUT2D eigenvalue weighted by molar-refractivity contribution is 7.15. The summed E-state index contributed by atoms with van der Waals surface area (Å²) in [6.45, 7) is 6.36. The highest BCUT2D eigenvalue weighted by Crippen LogP contribution is 2.27. The van der Waals surface area contributed by atoms with Crippen LogP contribution in [-0.4, -0.2) is 55.2 Å². The SMILES string of the molecule is O=C(CC[C@H]1CCCN(Cc2cnc(N3CCOCC3)s2)C1)Nc1ccccc1F. The molecule has 8 heteroatoms. The third-order valence-electron chi connectivity index (χ3n) is 5.73. The van der Waals surface area contributed by atoms with Gasteiger partial charge in [-0.15, -0.1) is 11.3 Å². The zero-order valence-electron chi connectivity index (χ0n) is 17.2. The van der Waals surface area contributed by atoms with E-state index in [0.717, 1.165) is 70.3 Å². The molecule has 0 radical (unpaired) electrons. The number of thiazole rings is 1. The molecule has 2 aromatic rings. The standard InChI is InChI=1S/C22H29FN4O2S/c23-19-5-1-2-6-20(19)25-21(28)8-7-17-4-3-9-26(15-17)16-18-14-24-22(30-18)27-10-12-29-13-11-27/h1-2,5-6,14,17H,3-4,7-13,15-16H2,(H,25,28)/t17-/m1/s1. The van der Waals surface area contributed by atoms with Gasteiger partial charge in [0.2, 0.25) is 5.91 Å². The molecule has 1 amide bonds. The number of nitrogens with one attached hydrogen (secondary N) is 1. The number of ether oxygens (including phenoxy) is 1. The summed E-state index contributed by atoms with van der Waals surface area (Å²) in [7, 11) is 0. The molecule has 162 valence electrons.